The number of likely N-dealkylation sites (tertiary alicyclic amines) is 1. The Bertz CT molecular complexity index is 1250. The van der Waals surface area contributed by atoms with Crippen LogP contribution in [-0.2, 0) is 29.1 Å². The predicted octanol–water partition coefficient (Wildman–Crippen LogP) is 1.25. The number of amides is 2. The van der Waals surface area contributed by atoms with Gasteiger partial charge in [-0.15, -0.1) is 0 Å². The number of carbonyl (C=O) groups is 3. The molecule has 0 unspecified atom stereocenters. The Hall–Kier alpha value is -2.77. The van der Waals surface area contributed by atoms with Crippen molar-refractivity contribution >= 4 is 50.7 Å². The van der Waals surface area contributed by atoms with Crippen molar-refractivity contribution in [3.63, 3.8) is 0 Å². The molecule has 2 aliphatic heterocycles. The largest absolute Gasteiger partial charge is 0.483 e. The van der Waals surface area contributed by atoms with Crippen molar-refractivity contribution in [2.24, 2.45) is 0 Å². The molecule has 38 heavy (non-hydrogen) atoms. The van der Waals surface area contributed by atoms with Crippen molar-refractivity contribution in [3.8, 4) is 0 Å². The third kappa shape index (κ3) is 7.41. The number of ether oxygens (including phenoxy) is 1. The predicted molar refractivity (Wildman–Crippen MR) is 142 cm³/mol. The Morgan fingerprint density at radius 1 is 1.21 bits per heavy atom. The molecule has 0 aromatic heterocycles. The number of nitrogens with one attached hydrogen (secondary N) is 1. The normalized spacial score (nSPS) is 19.1. The molecule has 2 fully saturated rings. The van der Waals surface area contributed by atoms with E-state index in [9.17, 15) is 18.0 Å². The molecule has 2 aromatic rings. The number of rotatable bonds is 8. The molecule has 0 bridgehead atoms. The molecule has 2 aliphatic rings. The Morgan fingerprint density at radius 3 is 2.53 bits per heavy atom. The van der Waals surface area contributed by atoms with Crippen LogP contribution in [0.1, 0.15) is 13.3 Å². The van der Waals surface area contributed by atoms with Gasteiger partial charge in [-0.2, -0.15) is 4.72 Å². The highest BCUT2D eigenvalue weighted by atomic mass is 35.5. The molecular weight excluding hydrogens is 536 g/mol. The fourth-order valence-electron chi connectivity index (χ4n) is 4.49. The van der Waals surface area contributed by atoms with Gasteiger partial charge in [-0.3, -0.25) is 19.3 Å². The maximum Gasteiger partial charge on any atom is 0.290 e. The average Bonchev–Trinajstić information content (AvgIpc) is 3.26. The van der Waals surface area contributed by atoms with Crippen LogP contribution in [0, 0.1) is 0 Å². The fourth-order valence-corrected chi connectivity index (χ4v) is 5.93. The zero-order chi connectivity index (χ0) is 27.9. The van der Waals surface area contributed by atoms with E-state index in [1.54, 1.807) is 49.2 Å². The molecule has 4 rings (SSSR count). The molecule has 0 aliphatic carbocycles. The number of hydrogen-bond acceptors (Lipinski definition) is 7. The van der Waals surface area contributed by atoms with E-state index in [-0.39, 0.29) is 23.2 Å². The van der Waals surface area contributed by atoms with Crippen molar-refractivity contribution < 1.29 is 32.6 Å². The highest BCUT2D eigenvalue weighted by Gasteiger charge is 2.39. The molecule has 0 saturated carbocycles. The maximum atomic E-state index is 13.0. The van der Waals surface area contributed by atoms with Crippen LogP contribution in [0.15, 0.2) is 41.3 Å². The molecule has 2 saturated heterocycles. The van der Waals surface area contributed by atoms with Crippen LogP contribution in [0.4, 0.5) is 0 Å². The molecule has 2 N–H and O–H groups in total. The third-order valence-electron chi connectivity index (χ3n) is 6.68. The van der Waals surface area contributed by atoms with Gasteiger partial charge in [0.25, 0.3) is 6.47 Å². The molecule has 11 nitrogen and oxygen atoms in total. The fraction of sp³-hybridized carbons (Fsp3) is 0.480. The van der Waals surface area contributed by atoms with Crippen molar-refractivity contribution in [1.82, 2.24) is 19.4 Å². The first kappa shape index (κ1) is 29.8. The lowest BCUT2D eigenvalue weighted by Gasteiger charge is -2.31. The van der Waals surface area contributed by atoms with Gasteiger partial charge in [0.15, 0.2) is 0 Å². The number of halogens is 1. The molecule has 2 heterocycles. The van der Waals surface area contributed by atoms with Crippen molar-refractivity contribution in [2.45, 2.75) is 30.3 Å². The van der Waals surface area contributed by atoms with Crippen molar-refractivity contribution in [2.75, 3.05) is 53.0 Å². The topological polar surface area (TPSA) is 137 Å². The monoisotopic (exact) mass is 568 g/mol. The lowest BCUT2D eigenvalue weighted by atomic mass is 10.1. The zero-order valence-electron chi connectivity index (χ0n) is 21.4. The second-order valence-corrected chi connectivity index (χ2v) is 11.3. The summed E-state index contributed by atoms with van der Waals surface area (Å²) in [4.78, 5) is 39.7. The number of fused-ring (bicyclic) bond motifs is 1. The van der Waals surface area contributed by atoms with Gasteiger partial charge in [-0.25, -0.2) is 8.42 Å². The van der Waals surface area contributed by atoms with E-state index < -0.39 is 22.1 Å². The maximum absolute atomic E-state index is 13.0. The molecule has 0 spiro atoms. The number of nitrogens with zero attached hydrogens (tertiary/aromatic N) is 3. The van der Waals surface area contributed by atoms with Crippen LogP contribution in [-0.4, -0.2) is 112 Å². The van der Waals surface area contributed by atoms with Crippen LogP contribution in [0.5, 0.6) is 0 Å². The number of hydrogen-bond donors (Lipinski definition) is 2. The number of sulfonamides is 1. The first-order valence-electron chi connectivity index (χ1n) is 12.2. The summed E-state index contributed by atoms with van der Waals surface area (Å²) in [5.74, 6) is -0.549. The van der Waals surface area contributed by atoms with Crippen LogP contribution < -0.4 is 4.72 Å². The number of carbonyl (C=O) groups excluding carboxylic acids is 2. The van der Waals surface area contributed by atoms with Crippen LogP contribution >= 0.6 is 11.6 Å². The first-order valence-corrected chi connectivity index (χ1v) is 14.1. The van der Waals surface area contributed by atoms with E-state index in [1.807, 2.05) is 0 Å². The molecule has 208 valence electrons. The van der Waals surface area contributed by atoms with Crippen LogP contribution in [0.2, 0.25) is 5.02 Å². The number of likely N-dealkylation sites (N-methyl/N-ethyl adjacent to an activating group) is 1. The van der Waals surface area contributed by atoms with Gasteiger partial charge in [0.05, 0.1) is 18.1 Å². The van der Waals surface area contributed by atoms with Gasteiger partial charge in [0.2, 0.25) is 21.8 Å². The van der Waals surface area contributed by atoms with Gasteiger partial charge in [0.1, 0.15) is 12.1 Å². The number of morpholine rings is 1. The second-order valence-electron chi connectivity index (χ2n) is 9.14. The molecule has 2 aromatic carbocycles. The minimum Gasteiger partial charge on any atom is -0.483 e. The zero-order valence-corrected chi connectivity index (χ0v) is 22.9. The van der Waals surface area contributed by atoms with Gasteiger partial charge in [-0.1, -0.05) is 23.7 Å². The van der Waals surface area contributed by atoms with Crippen LogP contribution in [0.25, 0.3) is 10.8 Å². The van der Waals surface area contributed by atoms with E-state index in [4.69, 9.17) is 26.2 Å². The summed E-state index contributed by atoms with van der Waals surface area (Å²) in [5.41, 5.74) is 0. The summed E-state index contributed by atoms with van der Waals surface area (Å²) in [6.07, 6.45) is 0.302. The molecule has 0 radical (unpaired) electrons. The quantitative estimate of drug-likeness (QED) is 0.454. The minimum absolute atomic E-state index is 0.0746. The average molecular weight is 569 g/mol. The summed E-state index contributed by atoms with van der Waals surface area (Å²) in [5, 5.41) is 9.01. The summed E-state index contributed by atoms with van der Waals surface area (Å²) < 4.78 is 33.9. The van der Waals surface area contributed by atoms with Gasteiger partial charge < -0.3 is 19.6 Å². The van der Waals surface area contributed by atoms with Crippen molar-refractivity contribution in [1.29, 1.82) is 0 Å². The summed E-state index contributed by atoms with van der Waals surface area (Å²) in [6, 6.07) is 8.37. The summed E-state index contributed by atoms with van der Waals surface area (Å²) in [6.45, 7) is 6.12. The number of benzene rings is 2. The van der Waals surface area contributed by atoms with Gasteiger partial charge in [0, 0.05) is 44.8 Å². The van der Waals surface area contributed by atoms with E-state index in [1.165, 1.54) is 11.0 Å². The Balaban J connectivity index is 0.00000127. The molecule has 2 atom stereocenters. The Kier molecular flexibility index (Phi) is 10.5. The SMILES string of the molecule is C[C@@H](C(=O)N(C)CCN1CCOCC1)N1CC[C@H](NS(=O)(=O)c2ccc3cc(Cl)ccc3c2)C1=O.O=CO. The van der Waals surface area contributed by atoms with Crippen LogP contribution in [0.3, 0.4) is 0 Å². The smallest absolute Gasteiger partial charge is 0.290 e. The standard InChI is InChI=1S/C24H31ClN4O5S.CH2O2/c1-17(23(30)27(2)9-10-28-11-13-34-14-12-28)29-8-7-22(24(29)31)26-35(32,33)21-6-4-18-15-20(25)5-3-19(18)16-21;2-1-3/h3-6,15-17,22,26H,7-14H2,1-2H3;1H,(H,2,3)/t17-,22-;/m0./s1. The van der Waals surface area contributed by atoms with E-state index in [2.05, 4.69) is 9.62 Å². The Morgan fingerprint density at radius 2 is 1.84 bits per heavy atom. The third-order valence-corrected chi connectivity index (χ3v) is 8.38. The van der Waals surface area contributed by atoms with Gasteiger partial charge in [-0.05, 0) is 48.4 Å². The van der Waals surface area contributed by atoms with E-state index >= 15 is 0 Å². The minimum atomic E-state index is -3.93. The number of carboxylic acid groups (broad SMARTS) is 1. The lowest BCUT2D eigenvalue weighted by Crippen LogP contribution is -2.50. The lowest BCUT2D eigenvalue weighted by molar-refractivity contribution is -0.142. The second kappa shape index (κ2) is 13.3. The molecule has 2 amide bonds. The summed E-state index contributed by atoms with van der Waals surface area (Å²) in [7, 11) is -2.20. The molecular formula is C25H33ClN4O7S. The van der Waals surface area contributed by atoms with E-state index in [0.717, 1.165) is 30.4 Å². The Labute approximate surface area is 227 Å². The summed E-state index contributed by atoms with van der Waals surface area (Å²) >= 11 is 6.01. The van der Waals surface area contributed by atoms with E-state index in [0.29, 0.717) is 37.7 Å². The van der Waals surface area contributed by atoms with Gasteiger partial charge >= 0.3 is 0 Å². The highest BCUT2D eigenvalue weighted by molar-refractivity contribution is 7.89. The highest BCUT2D eigenvalue weighted by Crippen LogP contribution is 2.24. The molecule has 13 heteroatoms. The first-order chi connectivity index (χ1) is 18.1. The van der Waals surface area contributed by atoms with Crippen molar-refractivity contribution in [3.05, 3.63) is 41.4 Å².